The zero-order valence-corrected chi connectivity index (χ0v) is 16.6. The summed E-state index contributed by atoms with van der Waals surface area (Å²) in [5, 5.41) is 0. The van der Waals surface area contributed by atoms with Crippen LogP contribution in [0.5, 0.6) is 5.75 Å². The van der Waals surface area contributed by atoms with Gasteiger partial charge in [0.2, 0.25) is 0 Å². The summed E-state index contributed by atoms with van der Waals surface area (Å²) >= 11 is 0. The van der Waals surface area contributed by atoms with Gasteiger partial charge in [0.25, 0.3) is 0 Å². The number of benzene rings is 1. The number of urea groups is 1. The number of carbonyl (C=O) groups excluding carboxylic acids is 2. The van der Waals surface area contributed by atoms with E-state index < -0.39 is 17.9 Å². The zero-order valence-electron chi connectivity index (χ0n) is 16.6. The van der Waals surface area contributed by atoms with Crippen molar-refractivity contribution in [3.8, 4) is 5.75 Å². The molecular weight excluding hydrogens is 424 g/mol. The summed E-state index contributed by atoms with van der Waals surface area (Å²) in [6.45, 7) is 1.96. The lowest BCUT2D eigenvalue weighted by molar-refractivity contribution is -0.275. The van der Waals surface area contributed by atoms with Crippen molar-refractivity contribution < 1.29 is 41.4 Å². The van der Waals surface area contributed by atoms with Crippen molar-refractivity contribution >= 4 is 11.8 Å². The number of nitrogens with zero attached hydrogens (tertiary/aromatic N) is 2. The Morgan fingerprint density at radius 3 is 2.68 bits per heavy atom. The van der Waals surface area contributed by atoms with Gasteiger partial charge in [-0.15, -0.1) is 13.2 Å². The molecule has 7 nitrogen and oxygen atoms in total. The number of hydrogen-bond acceptors (Lipinski definition) is 5. The minimum Gasteiger partial charge on any atom is -0.403 e. The van der Waals surface area contributed by atoms with Crippen molar-refractivity contribution in [2.45, 2.75) is 38.0 Å². The number of amides is 2. The first-order valence-electron chi connectivity index (χ1n) is 10.0. The van der Waals surface area contributed by atoms with Crippen LogP contribution in [0, 0.1) is 11.7 Å². The molecule has 2 atom stereocenters. The molecule has 3 fully saturated rings. The van der Waals surface area contributed by atoms with Crippen molar-refractivity contribution in [3.05, 3.63) is 29.6 Å². The molecule has 11 heteroatoms. The van der Waals surface area contributed by atoms with Crippen molar-refractivity contribution in [1.29, 1.82) is 0 Å². The van der Waals surface area contributed by atoms with Gasteiger partial charge in [-0.05, 0) is 24.1 Å². The van der Waals surface area contributed by atoms with Crippen molar-refractivity contribution in [2.75, 3.05) is 32.8 Å². The Morgan fingerprint density at radius 1 is 1.19 bits per heavy atom. The molecule has 2 amide bonds. The number of carbonyl (C=O) groups is 2. The average Bonchev–Trinajstić information content (AvgIpc) is 2.67. The number of rotatable bonds is 4. The number of Topliss-reactive ketones (excluding diaryl/α,β-unsaturated/α-hetero) is 1. The van der Waals surface area contributed by atoms with Crippen LogP contribution in [0.1, 0.15) is 18.4 Å². The molecular formula is C20H22F4N2O5. The van der Waals surface area contributed by atoms with E-state index in [9.17, 15) is 27.2 Å². The zero-order chi connectivity index (χ0) is 22.2. The van der Waals surface area contributed by atoms with E-state index in [1.165, 1.54) is 6.07 Å². The average molecular weight is 446 g/mol. The molecule has 1 aromatic carbocycles. The molecule has 3 saturated heterocycles. The maximum Gasteiger partial charge on any atom is 0.573 e. The van der Waals surface area contributed by atoms with Crippen LogP contribution in [0.2, 0.25) is 0 Å². The molecule has 4 rings (SSSR count). The first-order valence-corrected chi connectivity index (χ1v) is 10.0. The van der Waals surface area contributed by atoms with Crippen LogP contribution in [0.3, 0.4) is 0 Å². The van der Waals surface area contributed by atoms with E-state index in [4.69, 9.17) is 9.47 Å². The standard InChI is InChI=1S/C20H22F4N2O5/c21-16-5-12(1-2-18(16)31-20(22,23)24)10-29-15-8-26(9-15)19(28)25-4-3-17-13(7-25)6-14(27)11-30-17/h1-2,5,13,15,17H,3-4,6-11H2/t13-,17+/m1/s1. The Bertz CT molecular complexity index is 843. The van der Waals surface area contributed by atoms with E-state index in [1.54, 1.807) is 9.80 Å². The molecule has 3 heterocycles. The number of ether oxygens (including phenoxy) is 3. The van der Waals surface area contributed by atoms with Gasteiger partial charge < -0.3 is 24.0 Å². The third-order valence-electron chi connectivity index (χ3n) is 5.71. The van der Waals surface area contributed by atoms with Gasteiger partial charge >= 0.3 is 12.4 Å². The predicted octanol–water partition coefficient (Wildman–Crippen LogP) is 2.73. The summed E-state index contributed by atoms with van der Waals surface area (Å²) in [6, 6.07) is 3.02. The monoisotopic (exact) mass is 446 g/mol. The quantitative estimate of drug-likeness (QED) is 0.666. The second-order valence-corrected chi connectivity index (χ2v) is 8.02. The van der Waals surface area contributed by atoms with Crippen molar-refractivity contribution in [2.24, 2.45) is 5.92 Å². The van der Waals surface area contributed by atoms with E-state index in [0.29, 0.717) is 44.6 Å². The molecule has 0 unspecified atom stereocenters. The van der Waals surface area contributed by atoms with Crippen molar-refractivity contribution in [3.63, 3.8) is 0 Å². The van der Waals surface area contributed by atoms with Gasteiger partial charge in [0.1, 0.15) is 6.61 Å². The molecule has 0 spiro atoms. The van der Waals surface area contributed by atoms with E-state index in [-0.39, 0.29) is 43.2 Å². The van der Waals surface area contributed by atoms with Crippen LogP contribution in [-0.2, 0) is 20.9 Å². The molecule has 1 aromatic rings. The van der Waals surface area contributed by atoms with Gasteiger partial charge in [-0.2, -0.15) is 0 Å². The minimum atomic E-state index is -4.96. The molecule has 170 valence electrons. The molecule has 0 aromatic heterocycles. The maximum atomic E-state index is 13.7. The van der Waals surface area contributed by atoms with Crippen LogP contribution in [-0.4, -0.2) is 73.0 Å². The number of piperidine rings is 1. The van der Waals surface area contributed by atoms with E-state index in [2.05, 4.69) is 4.74 Å². The van der Waals surface area contributed by atoms with Gasteiger partial charge in [-0.1, -0.05) is 6.07 Å². The summed E-state index contributed by atoms with van der Waals surface area (Å²) in [5.74, 6) is -1.93. The molecule has 3 aliphatic heterocycles. The highest BCUT2D eigenvalue weighted by Crippen LogP contribution is 2.29. The normalized spacial score (nSPS) is 24.6. The SMILES string of the molecule is O=C1CO[C@H]2CCN(C(=O)N3CC(OCc4ccc(OC(F)(F)F)c(F)c4)C3)C[C@H]2C1. The molecule has 0 bridgehead atoms. The van der Waals surface area contributed by atoms with E-state index in [1.807, 2.05) is 0 Å². The fourth-order valence-electron chi connectivity index (χ4n) is 4.11. The highest BCUT2D eigenvalue weighted by molar-refractivity contribution is 5.81. The van der Waals surface area contributed by atoms with Crippen LogP contribution in [0.25, 0.3) is 0 Å². The fourth-order valence-corrected chi connectivity index (χ4v) is 4.11. The Hall–Kier alpha value is -2.40. The molecule has 0 radical (unpaired) electrons. The predicted molar refractivity (Wildman–Crippen MR) is 97.7 cm³/mol. The van der Waals surface area contributed by atoms with Crippen LogP contribution >= 0.6 is 0 Å². The third kappa shape index (κ3) is 5.27. The fraction of sp³-hybridized carbons (Fsp3) is 0.600. The summed E-state index contributed by atoms with van der Waals surface area (Å²) in [6.07, 6.45) is -4.03. The topological polar surface area (TPSA) is 68.3 Å². The lowest BCUT2D eigenvalue weighted by Gasteiger charge is -2.45. The number of likely N-dealkylation sites (tertiary alicyclic amines) is 2. The van der Waals surface area contributed by atoms with Crippen molar-refractivity contribution in [1.82, 2.24) is 9.80 Å². The summed E-state index contributed by atoms with van der Waals surface area (Å²) in [7, 11) is 0. The molecule has 0 saturated carbocycles. The number of fused-ring (bicyclic) bond motifs is 1. The number of ketones is 1. The lowest BCUT2D eigenvalue weighted by Crippen LogP contribution is -2.61. The van der Waals surface area contributed by atoms with Gasteiger partial charge in [0.15, 0.2) is 17.3 Å². The highest BCUT2D eigenvalue weighted by Gasteiger charge is 2.40. The summed E-state index contributed by atoms with van der Waals surface area (Å²) in [4.78, 5) is 27.6. The maximum absolute atomic E-state index is 13.7. The van der Waals surface area contributed by atoms with Gasteiger partial charge in [-0.25, -0.2) is 9.18 Å². The number of halogens is 4. The largest absolute Gasteiger partial charge is 0.573 e. The Kier molecular flexibility index (Phi) is 6.07. The lowest BCUT2D eigenvalue weighted by atomic mass is 9.88. The smallest absolute Gasteiger partial charge is 0.403 e. The Balaban J connectivity index is 1.21. The van der Waals surface area contributed by atoms with Gasteiger partial charge in [-0.3, -0.25) is 4.79 Å². The Labute approximate surface area is 175 Å². The van der Waals surface area contributed by atoms with Crippen LogP contribution in [0.15, 0.2) is 18.2 Å². The summed E-state index contributed by atoms with van der Waals surface area (Å²) in [5.41, 5.74) is 0.362. The molecule has 0 aliphatic carbocycles. The first-order chi connectivity index (χ1) is 14.7. The number of alkyl halides is 3. The minimum absolute atomic E-state index is 0.00281. The van der Waals surface area contributed by atoms with Crippen LogP contribution in [0.4, 0.5) is 22.4 Å². The van der Waals surface area contributed by atoms with Crippen LogP contribution < -0.4 is 4.74 Å². The highest BCUT2D eigenvalue weighted by atomic mass is 19.4. The van der Waals surface area contributed by atoms with E-state index in [0.717, 1.165) is 12.1 Å². The number of hydrogen-bond donors (Lipinski definition) is 0. The van der Waals surface area contributed by atoms with Gasteiger partial charge in [0.05, 0.1) is 31.9 Å². The Morgan fingerprint density at radius 2 is 1.97 bits per heavy atom. The molecule has 3 aliphatic rings. The second kappa shape index (κ2) is 8.62. The third-order valence-corrected chi connectivity index (χ3v) is 5.71. The summed E-state index contributed by atoms with van der Waals surface area (Å²) < 4.78 is 65.1. The first kappa shape index (κ1) is 21.8. The molecule has 31 heavy (non-hydrogen) atoms. The molecule has 0 N–H and O–H groups in total. The second-order valence-electron chi connectivity index (χ2n) is 8.02. The van der Waals surface area contributed by atoms with Gasteiger partial charge in [0, 0.05) is 25.4 Å². The van der Waals surface area contributed by atoms with E-state index >= 15 is 0 Å².